The van der Waals surface area contributed by atoms with Crippen LogP contribution in [0.1, 0.15) is 92.7 Å². The molecule has 6 aromatic rings. The molecule has 1 saturated carbocycles. The van der Waals surface area contributed by atoms with Crippen LogP contribution in [0.15, 0.2) is 71.4 Å². The second-order valence-corrected chi connectivity index (χ2v) is 26.5. The molecule has 1 radical (unpaired) electrons. The van der Waals surface area contributed by atoms with Crippen LogP contribution in [0.2, 0.25) is 17.3 Å². The van der Waals surface area contributed by atoms with Crippen LogP contribution in [0.3, 0.4) is 0 Å². The molecule has 2 aliphatic rings. The third-order valence-electron chi connectivity index (χ3n) is 10.6. The smallest absolute Gasteiger partial charge is 0.216 e. The van der Waals surface area contributed by atoms with Gasteiger partial charge in [-0.3, -0.25) is 0 Å². The Bertz CT molecular complexity index is 2120. The quantitative estimate of drug-likeness (QED) is 0.123. The number of pyridine rings is 3. The second kappa shape index (κ2) is 16.3. The Morgan fingerprint density at radius 1 is 0.863 bits per heavy atom. The summed E-state index contributed by atoms with van der Waals surface area (Å²) in [4.78, 5) is 14.1. The number of aromatic nitrogens is 3. The predicted octanol–water partition coefficient (Wildman–Crippen LogP) is 11.4. The molecule has 4 nitrogen and oxygen atoms in total. The van der Waals surface area contributed by atoms with E-state index in [1.54, 1.807) is 4.40 Å². The van der Waals surface area contributed by atoms with Gasteiger partial charge in [0, 0.05) is 37.4 Å². The van der Waals surface area contributed by atoms with Gasteiger partial charge in [0.05, 0.1) is 5.58 Å². The third-order valence-corrected chi connectivity index (χ3v) is 14.9. The molecule has 0 atom stereocenters. The first-order valence-corrected chi connectivity index (χ1v) is 26.2. The molecule has 1 fully saturated rings. The van der Waals surface area contributed by atoms with Crippen molar-refractivity contribution in [2.45, 2.75) is 108 Å². The molecule has 2 aliphatic carbocycles. The minimum Gasteiger partial charge on any atom is -0.486 e. The Morgan fingerprint density at radius 3 is 2.43 bits per heavy atom. The fourth-order valence-corrected chi connectivity index (χ4v) is 11.4. The van der Waals surface area contributed by atoms with Crippen molar-refractivity contribution in [1.29, 1.82) is 0 Å². The van der Waals surface area contributed by atoms with Gasteiger partial charge in [0.15, 0.2) is 0 Å². The van der Waals surface area contributed by atoms with Gasteiger partial charge in [-0.1, -0.05) is 22.1 Å². The summed E-state index contributed by atoms with van der Waals surface area (Å²) in [5.41, 5.74) is 12.5. The Hall–Kier alpha value is -3.12. The van der Waals surface area contributed by atoms with E-state index in [0.717, 1.165) is 64.2 Å². The maximum atomic E-state index is 6.13. The van der Waals surface area contributed by atoms with Crippen molar-refractivity contribution in [3.63, 3.8) is 0 Å². The van der Waals surface area contributed by atoms with E-state index in [9.17, 15) is 0 Å². The van der Waals surface area contributed by atoms with E-state index in [-0.39, 0.29) is 20.1 Å². The third kappa shape index (κ3) is 8.42. The summed E-state index contributed by atoms with van der Waals surface area (Å²) in [7, 11) is 0. The topological polar surface area (TPSA) is 51.8 Å². The zero-order valence-corrected chi connectivity index (χ0v) is 35.7. The van der Waals surface area contributed by atoms with E-state index in [0.29, 0.717) is 11.6 Å². The summed E-state index contributed by atoms with van der Waals surface area (Å²) in [5.74, 6) is 8.81. The molecule has 4 aromatic heterocycles. The number of rotatable bonds is 6. The molecule has 8 rings (SSSR count). The molecule has 0 bridgehead atoms. The number of hydrogen-bond acceptors (Lipinski definition) is 4. The van der Waals surface area contributed by atoms with Crippen molar-refractivity contribution in [2.75, 3.05) is 0 Å². The van der Waals surface area contributed by atoms with Gasteiger partial charge in [-0.05, 0) is 56.5 Å². The van der Waals surface area contributed by atoms with Gasteiger partial charge in [0.2, 0.25) is 5.71 Å². The van der Waals surface area contributed by atoms with E-state index < -0.39 is 13.3 Å². The zero-order chi connectivity index (χ0) is 34.8. The summed E-state index contributed by atoms with van der Waals surface area (Å²) in [6, 6.07) is 26.2. The van der Waals surface area contributed by atoms with Crippen LogP contribution < -0.4 is 4.40 Å². The van der Waals surface area contributed by atoms with Gasteiger partial charge in [-0.15, -0.1) is 18.2 Å². The number of aryl methyl sites for hydroxylation is 2. The van der Waals surface area contributed by atoms with Crippen LogP contribution in [0.25, 0.3) is 44.6 Å². The summed E-state index contributed by atoms with van der Waals surface area (Å²) in [6.07, 6.45) is 16.8. The fourth-order valence-electron chi connectivity index (χ4n) is 8.02. The van der Waals surface area contributed by atoms with Crippen LogP contribution in [0.4, 0.5) is 0 Å². The van der Waals surface area contributed by atoms with Crippen molar-refractivity contribution < 1.29 is 24.5 Å². The van der Waals surface area contributed by atoms with Crippen LogP contribution in [-0.2, 0) is 39.4 Å². The van der Waals surface area contributed by atoms with Crippen molar-refractivity contribution in [2.24, 2.45) is 5.92 Å². The Kier molecular flexibility index (Phi) is 12.0. The van der Waals surface area contributed by atoms with Crippen LogP contribution in [0.5, 0.6) is 0 Å². The van der Waals surface area contributed by atoms with Crippen LogP contribution in [-0.4, -0.2) is 28.2 Å². The second-order valence-electron chi connectivity index (χ2n) is 16.0. The fraction of sp³-hybridized carbons (Fsp3) is 0.400. The van der Waals surface area contributed by atoms with E-state index in [1.165, 1.54) is 72.8 Å². The molecule has 6 heteroatoms. The van der Waals surface area contributed by atoms with E-state index in [1.807, 2.05) is 25.3 Å². The first kappa shape index (κ1) is 37.6. The molecule has 2 aromatic carbocycles. The molecule has 267 valence electrons. The number of nitrogens with zero attached hydrogens (tertiary/aromatic N) is 3. The van der Waals surface area contributed by atoms with Crippen molar-refractivity contribution >= 4 is 39.7 Å². The predicted molar refractivity (Wildman–Crippen MR) is 211 cm³/mol. The van der Waals surface area contributed by atoms with Crippen LogP contribution in [0, 0.1) is 25.0 Å². The number of benzene rings is 2. The maximum Gasteiger partial charge on any atom is 0.216 e. The van der Waals surface area contributed by atoms with Gasteiger partial charge in [0.1, 0.15) is 0 Å². The van der Waals surface area contributed by atoms with E-state index in [4.69, 9.17) is 9.40 Å². The molecule has 0 amide bonds. The minimum atomic E-state index is -1.91. The average molecular weight is 915 g/mol. The van der Waals surface area contributed by atoms with Gasteiger partial charge in [-0.25, -0.2) is 4.98 Å². The minimum absolute atomic E-state index is 0. The van der Waals surface area contributed by atoms with E-state index >= 15 is 0 Å². The van der Waals surface area contributed by atoms with Gasteiger partial charge >= 0.3 is 163 Å². The molecule has 51 heavy (non-hydrogen) atoms. The molecule has 0 N–H and O–H groups in total. The van der Waals surface area contributed by atoms with Crippen molar-refractivity contribution in [3.8, 4) is 22.5 Å². The summed E-state index contributed by atoms with van der Waals surface area (Å²) >= 11 is -1.91. The summed E-state index contributed by atoms with van der Waals surface area (Å²) in [5, 5.41) is 2.14. The first-order valence-electron chi connectivity index (χ1n) is 18.8. The number of furan rings is 1. The molecular formula is C45H51GeIrN3O-2. The molecular weight excluding hydrogens is 863 g/mol. The number of hydrogen-bond donors (Lipinski definition) is 0. The van der Waals surface area contributed by atoms with Gasteiger partial charge in [0.25, 0.3) is 0 Å². The maximum absolute atomic E-state index is 6.13. The van der Waals surface area contributed by atoms with Crippen LogP contribution >= 0.6 is 0 Å². The van der Waals surface area contributed by atoms with Gasteiger partial charge in [-0.2, -0.15) is 0 Å². The summed E-state index contributed by atoms with van der Waals surface area (Å²) in [6.45, 7) is 6.61. The summed E-state index contributed by atoms with van der Waals surface area (Å²) < 4.78 is 7.69. The van der Waals surface area contributed by atoms with Crippen molar-refractivity contribution in [3.05, 3.63) is 107 Å². The van der Waals surface area contributed by atoms with E-state index in [2.05, 4.69) is 102 Å². The first-order chi connectivity index (χ1) is 24.2. The normalized spacial score (nSPS) is 15.0. The Labute approximate surface area is 321 Å². The molecule has 0 saturated heterocycles. The largest absolute Gasteiger partial charge is 0.486 e. The molecule has 0 unspecified atom stereocenters. The Morgan fingerprint density at radius 2 is 1.65 bits per heavy atom. The Balaban J connectivity index is 0.000000173. The zero-order valence-electron chi connectivity index (χ0n) is 31.2. The monoisotopic (exact) mass is 916 g/mol. The number of fused-ring (bicyclic) bond motifs is 4. The molecule has 4 heterocycles. The average Bonchev–Trinajstić information content (AvgIpc) is 3.49. The standard InChI is InChI=1S/C24H34GeN.C21H17N2O.Ir/c1-18(2)14-22-16-24(26-17-23(22)25(3,4)5)21-13-9-12-20(15-21)19-10-7-6-8-11-19;1-13-9-10-17-16-7-4-8-18(20(16)24-21(17)23-13)19-15-6-3-2-5-14(15)11-12-22-19;/h9,12,15-19H,6-8,10-11,14H2,1-5H3;4,7,9-12H,2-3,5-6H2,1H3;/q2*-1;. The SMILES string of the molecule is CC(C)Cc1cc(-c2[c-]ccc(C3CCCCC3)c2)nc[c]1[Ge]([CH3])([CH3])[CH3].Cc1ccc2c(n1)oc1c(-c3nccc4c3CCCC4)[c-]ccc12.[Ir]. The molecule has 0 aliphatic heterocycles. The van der Waals surface area contributed by atoms with Gasteiger partial charge < -0.3 is 9.40 Å². The van der Waals surface area contributed by atoms with Crippen molar-refractivity contribution in [1.82, 2.24) is 15.0 Å². The molecule has 0 spiro atoms.